The van der Waals surface area contributed by atoms with Gasteiger partial charge in [0.2, 0.25) is 0 Å². The maximum Gasteiger partial charge on any atom is 0.115 e. The molecular weight excluding hydrogens is 214 g/mol. The molecule has 0 aliphatic carbocycles. The molecule has 0 heterocycles. The first-order chi connectivity index (χ1) is 8.16. The van der Waals surface area contributed by atoms with Gasteiger partial charge < -0.3 is 15.9 Å². The van der Waals surface area contributed by atoms with Crippen molar-refractivity contribution in [3.05, 3.63) is 65.7 Å². The largest absolute Gasteiger partial charge is 0.508 e. The van der Waals surface area contributed by atoms with Crippen molar-refractivity contribution in [2.24, 2.45) is 5.73 Å². The summed E-state index contributed by atoms with van der Waals surface area (Å²) in [5, 5.41) is 18.8. The van der Waals surface area contributed by atoms with Crippen LogP contribution in [0.1, 0.15) is 11.1 Å². The summed E-state index contributed by atoms with van der Waals surface area (Å²) in [6.07, 6.45) is 0. The second kappa shape index (κ2) is 4.57. The van der Waals surface area contributed by atoms with Crippen LogP contribution in [0.25, 0.3) is 0 Å². The van der Waals surface area contributed by atoms with E-state index in [0.717, 1.165) is 11.1 Å². The van der Waals surface area contributed by atoms with Crippen LogP contribution in [-0.4, -0.2) is 16.8 Å². The summed E-state index contributed by atoms with van der Waals surface area (Å²) in [6, 6.07) is 16.0. The Hall–Kier alpha value is -1.84. The van der Waals surface area contributed by atoms with Gasteiger partial charge in [-0.05, 0) is 23.3 Å². The van der Waals surface area contributed by atoms with E-state index >= 15 is 0 Å². The maximum atomic E-state index is 9.57. The van der Waals surface area contributed by atoms with E-state index in [2.05, 4.69) is 0 Å². The van der Waals surface area contributed by atoms with Gasteiger partial charge in [0.05, 0.1) is 12.1 Å². The van der Waals surface area contributed by atoms with Gasteiger partial charge in [0.25, 0.3) is 0 Å². The maximum absolute atomic E-state index is 9.57. The lowest BCUT2D eigenvalue weighted by molar-refractivity contribution is 0.223. The summed E-state index contributed by atoms with van der Waals surface area (Å²) in [7, 11) is 0. The van der Waals surface area contributed by atoms with Crippen molar-refractivity contribution in [3.8, 4) is 5.75 Å². The van der Waals surface area contributed by atoms with Gasteiger partial charge in [-0.2, -0.15) is 0 Å². The van der Waals surface area contributed by atoms with E-state index in [1.54, 1.807) is 24.3 Å². The molecule has 0 aromatic heterocycles. The number of phenolic OH excluding ortho intramolecular Hbond substituents is 1. The zero-order valence-electron chi connectivity index (χ0n) is 9.38. The highest BCUT2D eigenvalue weighted by molar-refractivity contribution is 5.40. The molecule has 2 aromatic rings. The van der Waals surface area contributed by atoms with Gasteiger partial charge in [-0.1, -0.05) is 42.5 Å². The van der Waals surface area contributed by atoms with Crippen LogP contribution >= 0.6 is 0 Å². The molecule has 2 rings (SSSR count). The molecule has 0 bridgehead atoms. The lowest BCUT2D eigenvalue weighted by Gasteiger charge is -2.28. The molecule has 88 valence electrons. The van der Waals surface area contributed by atoms with Crippen LogP contribution in [0.15, 0.2) is 54.6 Å². The number of hydrogen-bond acceptors (Lipinski definition) is 3. The molecule has 0 aliphatic heterocycles. The average Bonchev–Trinajstić information content (AvgIpc) is 2.40. The molecule has 0 fully saturated rings. The molecule has 17 heavy (non-hydrogen) atoms. The predicted molar refractivity (Wildman–Crippen MR) is 66.6 cm³/mol. The van der Waals surface area contributed by atoms with Gasteiger partial charge in [-0.25, -0.2) is 0 Å². The van der Waals surface area contributed by atoms with E-state index in [4.69, 9.17) is 5.73 Å². The fraction of sp³-hybridized carbons (Fsp3) is 0.143. The Bertz CT molecular complexity index is 481. The fourth-order valence-electron chi connectivity index (χ4n) is 1.84. The normalized spacial score (nSPS) is 14.2. The Labute approximate surface area is 100 Å². The molecule has 4 N–H and O–H groups in total. The van der Waals surface area contributed by atoms with Gasteiger partial charge in [-0.3, -0.25) is 0 Å². The number of benzene rings is 2. The summed E-state index contributed by atoms with van der Waals surface area (Å²) < 4.78 is 0. The minimum absolute atomic E-state index is 0.183. The van der Waals surface area contributed by atoms with Crippen molar-refractivity contribution in [1.29, 1.82) is 0 Å². The van der Waals surface area contributed by atoms with Crippen LogP contribution in [0, 0.1) is 0 Å². The fourth-order valence-corrected chi connectivity index (χ4v) is 1.84. The van der Waals surface area contributed by atoms with E-state index in [-0.39, 0.29) is 12.4 Å². The highest BCUT2D eigenvalue weighted by atomic mass is 16.3. The zero-order chi connectivity index (χ0) is 12.3. The molecule has 1 unspecified atom stereocenters. The standard InChI is InChI=1S/C14H15NO2/c15-14(10-16,11-4-2-1-3-5-11)12-6-8-13(17)9-7-12/h1-9,16-17H,10,15H2. The molecule has 0 saturated carbocycles. The van der Waals surface area contributed by atoms with Crippen LogP contribution in [0.2, 0.25) is 0 Å². The third kappa shape index (κ3) is 2.16. The molecule has 0 amide bonds. The van der Waals surface area contributed by atoms with Crippen molar-refractivity contribution in [3.63, 3.8) is 0 Å². The smallest absolute Gasteiger partial charge is 0.115 e. The number of nitrogens with two attached hydrogens (primary N) is 1. The topological polar surface area (TPSA) is 66.5 Å². The van der Waals surface area contributed by atoms with E-state index in [9.17, 15) is 10.2 Å². The first kappa shape index (κ1) is 11.6. The summed E-state index contributed by atoms with van der Waals surface area (Å²) in [6.45, 7) is -0.193. The minimum Gasteiger partial charge on any atom is -0.508 e. The van der Waals surface area contributed by atoms with Gasteiger partial charge in [0, 0.05) is 0 Å². The Morgan fingerprint density at radius 2 is 1.41 bits per heavy atom. The molecule has 2 aromatic carbocycles. The van der Waals surface area contributed by atoms with Gasteiger partial charge in [0.1, 0.15) is 5.75 Å². The highest BCUT2D eigenvalue weighted by Gasteiger charge is 2.28. The lowest BCUT2D eigenvalue weighted by atomic mass is 9.84. The van der Waals surface area contributed by atoms with E-state index in [0.29, 0.717) is 0 Å². The minimum atomic E-state index is -0.936. The Balaban J connectivity index is 2.48. The van der Waals surface area contributed by atoms with Crippen LogP contribution in [0.3, 0.4) is 0 Å². The molecule has 0 saturated heterocycles. The molecule has 0 aliphatic rings. The number of aliphatic hydroxyl groups excluding tert-OH is 1. The highest BCUT2D eigenvalue weighted by Crippen LogP contribution is 2.27. The molecule has 0 radical (unpaired) electrons. The van der Waals surface area contributed by atoms with Crippen molar-refractivity contribution in [2.45, 2.75) is 5.54 Å². The summed E-state index contributed by atoms with van der Waals surface area (Å²) in [5.41, 5.74) is 6.93. The monoisotopic (exact) mass is 229 g/mol. The molecule has 3 nitrogen and oxygen atoms in total. The second-order valence-electron chi connectivity index (χ2n) is 4.04. The number of aliphatic hydroxyl groups is 1. The first-order valence-corrected chi connectivity index (χ1v) is 5.41. The van der Waals surface area contributed by atoms with Crippen molar-refractivity contribution in [2.75, 3.05) is 6.61 Å². The third-order valence-corrected chi connectivity index (χ3v) is 2.92. The van der Waals surface area contributed by atoms with Crippen LogP contribution in [0.4, 0.5) is 0 Å². The summed E-state index contributed by atoms with van der Waals surface area (Å²) >= 11 is 0. The SMILES string of the molecule is NC(CO)(c1ccccc1)c1ccc(O)cc1. The zero-order valence-corrected chi connectivity index (χ0v) is 9.38. The average molecular weight is 229 g/mol. The number of aromatic hydroxyl groups is 1. The first-order valence-electron chi connectivity index (χ1n) is 5.41. The number of hydrogen-bond donors (Lipinski definition) is 3. The molecule has 1 atom stereocenters. The Morgan fingerprint density at radius 1 is 0.882 bits per heavy atom. The van der Waals surface area contributed by atoms with E-state index < -0.39 is 5.54 Å². The number of rotatable bonds is 3. The Kier molecular flexibility index (Phi) is 3.13. The van der Waals surface area contributed by atoms with E-state index in [1.807, 2.05) is 30.3 Å². The van der Waals surface area contributed by atoms with Gasteiger partial charge in [-0.15, -0.1) is 0 Å². The molecule has 0 spiro atoms. The van der Waals surface area contributed by atoms with Gasteiger partial charge >= 0.3 is 0 Å². The third-order valence-electron chi connectivity index (χ3n) is 2.92. The lowest BCUT2D eigenvalue weighted by Crippen LogP contribution is -2.41. The van der Waals surface area contributed by atoms with Crippen molar-refractivity contribution in [1.82, 2.24) is 0 Å². The van der Waals surface area contributed by atoms with Crippen LogP contribution in [0.5, 0.6) is 5.75 Å². The number of phenols is 1. The molecule has 3 heteroatoms. The van der Waals surface area contributed by atoms with Crippen molar-refractivity contribution < 1.29 is 10.2 Å². The predicted octanol–water partition coefficient (Wildman–Crippen LogP) is 1.59. The van der Waals surface area contributed by atoms with Crippen LogP contribution in [-0.2, 0) is 5.54 Å². The quantitative estimate of drug-likeness (QED) is 0.748. The van der Waals surface area contributed by atoms with Crippen LogP contribution < -0.4 is 5.73 Å². The second-order valence-corrected chi connectivity index (χ2v) is 4.04. The van der Waals surface area contributed by atoms with E-state index in [1.165, 1.54) is 0 Å². The van der Waals surface area contributed by atoms with Crippen molar-refractivity contribution >= 4 is 0 Å². The Morgan fingerprint density at radius 3 is 1.94 bits per heavy atom. The van der Waals surface area contributed by atoms with Gasteiger partial charge in [0.15, 0.2) is 0 Å². The molecular formula is C14H15NO2. The summed E-state index contributed by atoms with van der Waals surface area (Å²) in [5.74, 6) is 0.183. The summed E-state index contributed by atoms with van der Waals surface area (Å²) in [4.78, 5) is 0.